The molecule has 8 heteroatoms. The molecule has 2 aromatic heterocycles. The van der Waals surface area contributed by atoms with Crippen LogP contribution in [0, 0.1) is 0 Å². The van der Waals surface area contributed by atoms with E-state index in [2.05, 4.69) is 15.6 Å². The summed E-state index contributed by atoms with van der Waals surface area (Å²) in [5.74, 6) is 0.736. The van der Waals surface area contributed by atoms with Gasteiger partial charge in [0.2, 0.25) is 0 Å². The normalized spacial score (nSPS) is 11.1. The van der Waals surface area contributed by atoms with Gasteiger partial charge in [-0.25, -0.2) is 13.4 Å². The highest BCUT2D eigenvalue weighted by Gasteiger charge is 2.14. The van der Waals surface area contributed by atoms with Gasteiger partial charge in [0, 0.05) is 24.6 Å². The van der Waals surface area contributed by atoms with Crippen LogP contribution in [0.3, 0.4) is 0 Å². The Balaban J connectivity index is 1.67. The summed E-state index contributed by atoms with van der Waals surface area (Å²) in [7, 11) is -3.39. The van der Waals surface area contributed by atoms with Crippen molar-refractivity contribution < 1.29 is 17.6 Å². The third-order valence-electron chi connectivity index (χ3n) is 3.82. The van der Waals surface area contributed by atoms with Crippen LogP contribution in [-0.2, 0) is 22.9 Å². The molecule has 0 saturated heterocycles. The SMILES string of the molecule is CS(=O)(=O)c1cccnc1NCc1cccc(C(=O)NCc2ccco2)c1. The van der Waals surface area contributed by atoms with Gasteiger partial charge in [0.15, 0.2) is 9.84 Å². The van der Waals surface area contributed by atoms with Crippen molar-refractivity contribution >= 4 is 21.6 Å². The molecule has 0 aliphatic rings. The van der Waals surface area contributed by atoms with Crippen LogP contribution in [0.5, 0.6) is 0 Å². The van der Waals surface area contributed by atoms with E-state index in [4.69, 9.17) is 4.42 Å². The molecule has 0 spiro atoms. The van der Waals surface area contributed by atoms with Crippen LogP contribution in [0.1, 0.15) is 21.7 Å². The lowest BCUT2D eigenvalue weighted by molar-refractivity contribution is 0.0948. The first-order valence-corrected chi connectivity index (χ1v) is 10.1. The second-order valence-corrected chi connectivity index (χ2v) is 7.92. The van der Waals surface area contributed by atoms with Gasteiger partial charge in [0.1, 0.15) is 16.5 Å². The van der Waals surface area contributed by atoms with Crippen molar-refractivity contribution in [3.63, 3.8) is 0 Å². The Morgan fingerprint density at radius 2 is 1.96 bits per heavy atom. The van der Waals surface area contributed by atoms with Crippen LogP contribution in [0.2, 0.25) is 0 Å². The fourth-order valence-corrected chi connectivity index (χ4v) is 3.32. The molecule has 0 unspecified atom stereocenters. The van der Waals surface area contributed by atoms with Crippen LogP contribution < -0.4 is 10.6 Å². The minimum atomic E-state index is -3.39. The number of rotatable bonds is 7. The first-order chi connectivity index (χ1) is 12.9. The molecule has 0 saturated carbocycles. The third kappa shape index (κ3) is 4.95. The summed E-state index contributed by atoms with van der Waals surface area (Å²) in [6.07, 6.45) is 4.21. The summed E-state index contributed by atoms with van der Waals surface area (Å²) >= 11 is 0. The second-order valence-electron chi connectivity index (χ2n) is 5.94. The topological polar surface area (TPSA) is 101 Å². The summed E-state index contributed by atoms with van der Waals surface area (Å²) in [4.78, 5) is 16.5. The highest BCUT2D eigenvalue weighted by atomic mass is 32.2. The number of nitrogens with zero attached hydrogens (tertiary/aromatic N) is 1. The first kappa shape index (κ1) is 18.7. The molecule has 27 heavy (non-hydrogen) atoms. The molecule has 0 aliphatic heterocycles. The lowest BCUT2D eigenvalue weighted by Gasteiger charge is -2.10. The zero-order valence-corrected chi connectivity index (χ0v) is 15.5. The number of anilines is 1. The largest absolute Gasteiger partial charge is 0.467 e. The van der Waals surface area contributed by atoms with Crippen LogP contribution in [-0.4, -0.2) is 25.6 Å². The van der Waals surface area contributed by atoms with Crippen molar-refractivity contribution in [2.75, 3.05) is 11.6 Å². The number of aromatic nitrogens is 1. The predicted molar refractivity (Wildman–Crippen MR) is 101 cm³/mol. The smallest absolute Gasteiger partial charge is 0.251 e. The lowest BCUT2D eigenvalue weighted by Crippen LogP contribution is -2.22. The molecule has 3 aromatic rings. The summed E-state index contributed by atoms with van der Waals surface area (Å²) < 4.78 is 28.9. The fraction of sp³-hybridized carbons (Fsp3) is 0.158. The van der Waals surface area contributed by atoms with E-state index >= 15 is 0 Å². The molecule has 3 rings (SSSR count). The van der Waals surface area contributed by atoms with Crippen molar-refractivity contribution in [3.05, 3.63) is 77.9 Å². The number of carbonyl (C=O) groups is 1. The maximum atomic E-state index is 12.3. The van der Waals surface area contributed by atoms with Crippen molar-refractivity contribution in [2.45, 2.75) is 18.0 Å². The van der Waals surface area contributed by atoms with Crippen molar-refractivity contribution in [2.24, 2.45) is 0 Å². The molecule has 2 heterocycles. The standard InChI is InChI=1S/C19H19N3O4S/c1-27(24,25)17-8-3-9-20-18(17)21-12-14-5-2-6-15(11-14)19(23)22-13-16-7-4-10-26-16/h2-11H,12-13H2,1H3,(H,20,21)(H,22,23). The van der Waals surface area contributed by atoms with Gasteiger partial charge in [0.05, 0.1) is 12.8 Å². The third-order valence-corrected chi connectivity index (χ3v) is 4.95. The summed E-state index contributed by atoms with van der Waals surface area (Å²) in [6.45, 7) is 0.638. The number of benzene rings is 1. The lowest BCUT2D eigenvalue weighted by atomic mass is 10.1. The molecule has 2 N–H and O–H groups in total. The number of carbonyl (C=O) groups excluding carboxylic acids is 1. The van der Waals surface area contributed by atoms with E-state index in [9.17, 15) is 13.2 Å². The molecule has 1 amide bonds. The van der Waals surface area contributed by atoms with Gasteiger partial charge in [-0.3, -0.25) is 4.79 Å². The number of sulfone groups is 1. The van der Waals surface area contributed by atoms with Crippen molar-refractivity contribution in [1.82, 2.24) is 10.3 Å². The highest BCUT2D eigenvalue weighted by molar-refractivity contribution is 7.90. The van der Waals surface area contributed by atoms with Gasteiger partial charge in [-0.2, -0.15) is 0 Å². The van der Waals surface area contributed by atoms with Crippen LogP contribution in [0.15, 0.2) is 70.3 Å². The van der Waals surface area contributed by atoms with E-state index in [1.165, 1.54) is 12.3 Å². The average Bonchev–Trinajstić information content (AvgIpc) is 3.18. The number of amides is 1. The molecule has 0 aliphatic carbocycles. The molecular formula is C19H19N3O4S. The Morgan fingerprint density at radius 3 is 2.70 bits per heavy atom. The highest BCUT2D eigenvalue weighted by Crippen LogP contribution is 2.18. The van der Waals surface area contributed by atoms with E-state index in [1.807, 2.05) is 6.07 Å². The molecule has 0 radical (unpaired) electrons. The number of furan rings is 1. The van der Waals surface area contributed by atoms with Crippen LogP contribution >= 0.6 is 0 Å². The Bertz CT molecular complexity index is 1030. The molecule has 0 bridgehead atoms. The van der Waals surface area contributed by atoms with Crippen molar-refractivity contribution in [1.29, 1.82) is 0 Å². The zero-order chi connectivity index (χ0) is 19.3. The van der Waals surface area contributed by atoms with E-state index in [-0.39, 0.29) is 16.6 Å². The zero-order valence-electron chi connectivity index (χ0n) is 14.7. The molecule has 140 valence electrons. The molecule has 0 fully saturated rings. The predicted octanol–water partition coefficient (Wildman–Crippen LogP) is 2.62. The van der Waals surface area contributed by atoms with Crippen LogP contribution in [0.25, 0.3) is 0 Å². The first-order valence-electron chi connectivity index (χ1n) is 8.22. The van der Waals surface area contributed by atoms with E-state index in [1.54, 1.807) is 42.7 Å². The summed E-state index contributed by atoms with van der Waals surface area (Å²) in [5, 5.41) is 5.81. The van der Waals surface area contributed by atoms with Gasteiger partial charge in [-0.15, -0.1) is 0 Å². The second kappa shape index (κ2) is 8.05. The minimum absolute atomic E-state index is 0.136. The summed E-state index contributed by atoms with van der Waals surface area (Å²) in [6, 6.07) is 13.7. The van der Waals surface area contributed by atoms with Crippen molar-refractivity contribution in [3.8, 4) is 0 Å². The maximum absolute atomic E-state index is 12.3. The van der Waals surface area contributed by atoms with E-state index < -0.39 is 9.84 Å². The Hall–Kier alpha value is -3.13. The van der Waals surface area contributed by atoms with Gasteiger partial charge in [-0.1, -0.05) is 12.1 Å². The molecular weight excluding hydrogens is 366 g/mol. The number of hydrogen-bond acceptors (Lipinski definition) is 6. The maximum Gasteiger partial charge on any atom is 0.251 e. The Kier molecular flexibility index (Phi) is 5.56. The van der Waals surface area contributed by atoms with Gasteiger partial charge in [0.25, 0.3) is 5.91 Å². The van der Waals surface area contributed by atoms with E-state index in [0.717, 1.165) is 11.8 Å². The number of pyridine rings is 1. The monoisotopic (exact) mass is 385 g/mol. The Labute approximate surface area is 157 Å². The van der Waals surface area contributed by atoms with E-state index in [0.29, 0.717) is 24.4 Å². The van der Waals surface area contributed by atoms with Crippen LogP contribution in [0.4, 0.5) is 5.82 Å². The fourth-order valence-electron chi connectivity index (χ4n) is 2.51. The van der Waals surface area contributed by atoms with Gasteiger partial charge < -0.3 is 15.1 Å². The Morgan fingerprint density at radius 1 is 1.11 bits per heavy atom. The number of hydrogen-bond donors (Lipinski definition) is 2. The quantitative estimate of drug-likeness (QED) is 0.648. The molecule has 1 aromatic carbocycles. The van der Waals surface area contributed by atoms with Gasteiger partial charge >= 0.3 is 0 Å². The number of nitrogens with one attached hydrogen (secondary N) is 2. The molecule has 7 nitrogen and oxygen atoms in total. The summed E-state index contributed by atoms with van der Waals surface area (Å²) in [5.41, 5.74) is 1.33. The van der Waals surface area contributed by atoms with Gasteiger partial charge in [-0.05, 0) is 42.0 Å². The minimum Gasteiger partial charge on any atom is -0.467 e. The molecule has 0 atom stereocenters. The average molecular weight is 385 g/mol.